The topological polar surface area (TPSA) is 41.5 Å². The Bertz CT molecular complexity index is 626. The van der Waals surface area contributed by atoms with Crippen molar-refractivity contribution in [3.8, 4) is 16.9 Å². The Kier molecular flexibility index (Phi) is 6.48. The molecule has 0 bridgehead atoms. The zero-order chi connectivity index (χ0) is 17.5. The van der Waals surface area contributed by atoms with Crippen molar-refractivity contribution in [3.05, 3.63) is 54.6 Å². The van der Waals surface area contributed by atoms with E-state index in [1.54, 1.807) is 0 Å². The second-order valence-electron chi connectivity index (χ2n) is 7.13. The van der Waals surface area contributed by atoms with Gasteiger partial charge in [0.05, 0.1) is 0 Å². The largest absolute Gasteiger partial charge is 0.491 e. The predicted octanol–water partition coefficient (Wildman–Crippen LogP) is 4.26. The summed E-state index contributed by atoms with van der Waals surface area (Å²) >= 11 is 0. The molecule has 2 aromatic rings. The molecule has 2 N–H and O–H groups in total. The van der Waals surface area contributed by atoms with Gasteiger partial charge in [-0.25, -0.2) is 0 Å². The number of rotatable bonds is 7. The molecule has 134 valence electrons. The average Bonchev–Trinajstić information content (AvgIpc) is 2.67. The number of aliphatic hydroxyl groups excluding tert-OH is 1. The van der Waals surface area contributed by atoms with Gasteiger partial charge in [-0.3, -0.25) is 0 Å². The maximum absolute atomic E-state index is 10.2. The van der Waals surface area contributed by atoms with Crippen LogP contribution in [-0.4, -0.2) is 30.4 Å². The summed E-state index contributed by atoms with van der Waals surface area (Å²) in [6, 6.07) is 18.9. The third kappa shape index (κ3) is 5.32. The van der Waals surface area contributed by atoms with Gasteiger partial charge in [0.15, 0.2) is 0 Å². The first-order valence-electron chi connectivity index (χ1n) is 9.42. The van der Waals surface area contributed by atoms with Crippen molar-refractivity contribution in [2.45, 2.75) is 44.8 Å². The zero-order valence-electron chi connectivity index (χ0n) is 15.0. The Balaban J connectivity index is 1.43. The standard InChI is InChI=1S/C22H29NO2/c1-17-7-5-6-10-22(17)23-15-20(24)16-25-21-13-11-19(12-14-21)18-8-3-2-4-9-18/h2-4,8-9,11-14,17,20,22-24H,5-7,10,15-16H2,1H3/t17-,20-,22+/m1/s1. The molecule has 25 heavy (non-hydrogen) atoms. The van der Waals surface area contributed by atoms with Crippen molar-refractivity contribution in [2.75, 3.05) is 13.2 Å². The normalized spacial score (nSPS) is 21.7. The van der Waals surface area contributed by atoms with E-state index in [0.29, 0.717) is 25.1 Å². The first-order chi connectivity index (χ1) is 12.2. The summed E-state index contributed by atoms with van der Waals surface area (Å²) < 4.78 is 5.74. The molecule has 0 heterocycles. The number of hydrogen-bond acceptors (Lipinski definition) is 3. The van der Waals surface area contributed by atoms with Crippen LogP contribution in [0.1, 0.15) is 32.6 Å². The average molecular weight is 339 g/mol. The second-order valence-corrected chi connectivity index (χ2v) is 7.13. The highest BCUT2D eigenvalue weighted by molar-refractivity contribution is 5.63. The summed E-state index contributed by atoms with van der Waals surface area (Å²) in [5.41, 5.74) is 2.36. The molecule has 0 radical (unpaired) electrons. The van der Waals surface area contributed by atoms with Crippen LogP contribution in [0, 0.1) is 5.92 Å². The lowest BCUT2D eigenvalue weighted by Crippen LogP contribution is -2.42. The fraction of sp³-hybridized carbons (Fsp3) is 0.455. The molecule has 0 aromatic heterocycles. The van der Waals surface area contributed by atoms with Gasteiger partial charge in [-0.2, -0.15) is 0 Å². The molecule has 2 aromatic carbocycles. The lowest BCUT2D eigenvalue weighted by Gasteiger charge is -2.30. The van der Waals surface area contributed by atoms with E-state index in [0.717, 1.165) is 5.75 Å². The van der Waals surface area contributed by atoms with Gasteiger partial charge in [-0.05, 0) is 42.0 Å². The van der Waals surface area contributed by atoms with Crippen LogP contribution in [0.15, 0.2) is 54.6 Å². The molecule has 1 fully saturated rings. The number of hydrogen-bond donors (Lipinski definition) is 2. The molecule has 3 nitrogen and oxygen atoms in total. The first-order valence-corrected chi connectivity index (χ1v) is 9.42. The van der Waals surface area contributed by atoms with Crippen LogP contribution in [0.25, 0.3) is 11.1 Å². The lowest BCUT2D eigenvalue weighted by atomic mass is 9.86. The van der Waals surface area contributed by atoms with Crippen LogP contribution >= 0.6 is 0 Å². The Hall–Kier alpha value is -1.84. The maximum atomic E-state index is 10.2. The van der Waals surface area contributed by atoms with Crippen LogP contribution in [0.5, 0.6) is 5.75 Å². The number of aliphatic hydroxyl groups is 1. The number of benzene rings is 2. The third-order valence-electron chi connectivity index (χ3n) is 5.13. The molecule has 0 aliphatic heterocycles. The summed E-state index contributed by atoms with van der Waals surface area (Å²) in [4.78, 5) is 0. The molecular weight excluding hydrogens is 310 g/mol. The number of ether oxygens (including phenoxy) is 1. The molecule has 0 saturated heterocycles. The van der Waals surface area contributed by atoms with Crippen molar-refractivity contribution < 1.29 is 9.84 Å². The first kappa shape index (κ1) is 18.0. The smallest absolute Gasteiger partial charge is 0.119 e. The van der Waals surface area contributed by atoms with E-state index in [1.807, 2.05) is 30.3 Å². The van der Waals surface area contributed by atoms with Crippen molar-refractivity contribution in [3.63, 3.8) is 0 Å². The Morgan fingerprint density at radius 1 is 1.00 bits per heavy atom. The Morgan fingerprint density at radius 3 is 2.40 bits per heavy atom. The molecular formula is C22H29NO2. The zero-order valence-corrected chi connectivity index (χ0v) is 15.0. The lowest BCUT2D eigenvalue weighted by molar-refractivity contribution is 0.0985. The fourth-order valence-corrected chi connectivity index (χ4v) is 3.53. The van der Waals surface area contributed by atoms with E-state index in [9.17, 15) is 5.11 Å². The van der Waals surface area contributed by atoms with Crippen molar-refractivity contribution in [2.24, 2.45) is 5.92 Å². The minimum atomic E-state index is -0.483. The molecule has 3 rings (SSSR count). The van der Waals surface area contributed by atoms with Crippen molar-refractivity contribution >= 4 is 0 Å². The van der Waals surface area contributed by atoms with Crippen molar-refractivity contribution in [1.82, 2.24) is 5.32 Å². The van der Waals surface area contributed by atoms with E-state index in [1.165, 1.54) is 36.8 Å². The van der Waals surface area contributed by atoms with Crippen LogP contribution in [0.4, 0.5) is 0 Å². The third-order valence-corrected chi connectivity index (χ3v) is 5.13. The Labute approximate surface area is 151 Å². The van der Waals surface area contributed by atoms with Crippen LogP contribution in [0.3, 0.4) is 0 Å². The molecule has 1 aliphatic carbocycles. The van der Waals surface area contributed by atoms with Crippen LogP contribution in [0.2, 0.25) is 0 Å². The second kappa shape index (κ2) is 9.02. The van der Waals surface area contributed by atoms with Gasteiger partial charge in [0.2, 0.25) is 0 Å². The summed E-state index contributed by atoms with van der Waals surface area (Å²) in [5.74, 6) is 1.50. The SMILES string of the molecule is C[C@@H]1CCCC[C@@H]1NC[C@@H](O)COc1ccc(-c2ccccc2)cc1. The highest BCUT2D eigenvalue weighted by Gasteiger charge is 2.21. The molecule has 0 spiro atoms. The molecule has 0 amide bonds. The van der Waals surface area contributed by atoms with E-state index in [4.69, 9.17) is 4.74 Å². The van der Waals surface area contributed by atoms with Gasteiger partial charge >= 0.3 is 0 Å². The summed E-state index contributed by atoms with van der Waals surface area (Å²) in [6.07, 6.45) is 4.66. The molecule has 3 heteroatoms. The molecule has 3 atom stereocenters. The summed E-state index contributed by atoms with van der Waals surface area (Å²) in [6.45, 7) is 3.21. The van der Waals surface area contributed by atoms with E-state index in [-0.39, 0.29) is 0 Å². The fourth-order valence-electron chi connectivity index (χ4n) is 3.53. The van der Waals surface area contributed by atoms with Gasteiger partial charge in [-0.1, -0.05) is 62.2 Å². The van der Waals surface area contributed by atoms with Crippen LogP contribution < -0.4 is 10.1 Å². The molecule has 0 unspecified atom stereocenters. The van der Waals surface area contributed by atoms with Crippen molar-refractivity contribution in [1.29, 1.82) is 0 Å². The minimum absolute atomic E-state index is 0.318. The van der Waals surface area contributed by atoms with Gasteiger partial charge in [0.25, 0.3) is 0 Å². The minimum Gasteiger partial charge on any atom is -0.491 e. The highest BCUT2D eigenvalue weighted by Crippen LogP contribution is 2.24. The maximum Gasteiger partial charge on any atom is 0.119 e. The van der Waals surface area contributed by atoms with E-state index in [2.05, 4.69) is 36.5 Å². The predicted molar refractivity (Wildman–Crippen MR) is 103 cm³/mol. The van der Waals surface area contributed by atoms with Gasteiger partial charge in [0.1, 0.15) is 18.5 Å². The monoisotopic (exact) mass is 339 g/mol. The highest BCUT2D eigenvalue weighted by atomic mass is 16.5. The van der Waals surface area contributed by atoms with Gasteiger partial charge in [0, 0.05) is 12.6 Å². The summed E-state index contributed by atoms with van der Waals surface area (Å²) in [5, 5.41) is 13.7. The summed E-state index contributed by atoms with van der Waals surface area (Å²) in [7, 11) is 0. The van der Waals surface area contributed by atoms with Gasteiger partial charge in [-0.15, -0.1) is 0 Å². The molecule has 1 aliphatic rings. The molecule has 1 saturated carbocycles. The quantitative estimate of drug-likeness (QED) is 0.792. The Morgan fingerprint density at radius 2 is 1.68 bits per heavy atom. The van der Waals surface area contributed by atoms with E-state index >= 15 is 0 Å². The van der Waals surface area contributed by atoms with E-state index < -0.39 is 6.10 Å². The van der Waals surface area contributed by atoms with Gasteiger partial charge < -0.3 is 15.2 Å². The number of nitrogens with one attached hydrogen (secondary N) is 1. The van der Waals surface area contributed by atoms with Crippen LogP contribution in [-0.2, 0) is 0 Å².